The number of carbonyl (C=O) groups is 1. The molecule has 0 spiro atoms. The summed E-state index contributed by atoms with van der Waals surface area (Å²) in [7, 11) is 0. The van der Waals surface area contributed by atoms with Gasteiger partial charge in [0, 0.05) is 57.5 Å². The molecule has 0 bridgehead atoms. The molecule has 1 N–H and O–H groups in total. The number of ether oxygens (including phenoxy) is 1. The summed E-state index contributed by atoms with van der Waals surface area (Å²) < 4.78 is 5.42. The minimum Gasteiger partial charge on any atom is -0.396 e. The van der Waals surface area contributed by atoms with Crippen molar-refractivity contribution in [3.63, 3.8) is 0 Å². The number of nitrogens with zero attached hydrogens (tertiary/aromatic N) is 3. The number of fused-ring (bicyclic) bond motifs is 1. The van der Waals surface area contributed by atoms with Gasteiger partial charge in [0.15, 0.2) is 0 Å². The molecule has 2 saturated heterocycles. The Morgan fingerprint density at radius 1 is 1.12 bits per heavy atom. The fourth-order valence-corrected chi connectivity index (χ4v) is 4.51. The molecular weight excluding hydrogens is 330 g/mol. The van der Waals surface area contributed by atoms with Crippen molar-refractivity contribution in [1.29, 1.82) is 0 Å². The standard InChI is InChI=1S/C20H29N3O3/c24-15-18-13-23(12-17(18)11-21-7-9-26-10-8-21)20(25)14-22-6-5-16-3-1-2-4-19(16)22/h1-4,17-18,24H,5-15H2/t17-,18-/m0/s1. The highest BCUT2D eigenvalue weighted by Gasteiger charge is 2.36. The van der Waals surface area contributed by atoms with E-state index >= 15 is 0 Å². The Labute approximate surface area is 155 Å². The van der Waals surface area contributed by atoms with Crippen LogP contribution in [0.1, 0.15) is 5.56 Å². The highest BCUT2D eigenvalue weighted by molar-refractivity contribution is 5.82. The van der Waals surface area contributed by atoms with Crippen LogP contribution in [0, 0.1) is 11.8 Å². The number of para-hydroxylation sites is 1. The van der Waals surface area contributed by atoms with Crippen LogP contribution in [-0.4, -0.2) is 86.4 Å². The smallest absolute Gasteiger partial charge is 0.242 e. The van der Waals surface area contributed by atoms with Crippen LogP contribution in [0.3, 0.4) is 0 Å². The van der Waals surface area contributed by atoms with Crippen LogP contribution in [0.2, 0.25) is 0 Å². The Morgan fingerprint density at radius 2 is 1.88 bits per heavy atom. The lowest BCUT2D eigenvalue weighted by Crippen LogP contribution is -2.42. The van der Waals surface area contributed by atoms with Crippen LogP contribution in [0.25, 0.3) is 0 Å². The van der Waals surface area contributed by atoms with Gasteiger partial charge in [0.2, 0.25) is 5.91 Å². The van der Waals surface area contributed by atoms with E-state index in [0.29, 0.717) is 19.0 Å². The first-order valence-electron chi connectivity index (χ1n) is 9.76. The van der Waals surface area contributed by atoms with E-state index in [1.807, 2.05) is 11.0 Å². The molecule has 3 aliphatic rings. The van der Waals surface area contributed by atoms with Gasteiger partial charge in [-0.2, -0.15) is 0 Å². The first-order chi connectivity index (χ1) is 12.7. The number of amides is 1. The number of morpholine rings is 1. The SMILES string of the molecule is O=C(CN1CCc2ccccc21)N1C[C@@H](CO)[C@@H](CN2CCOCC2)C1. The van der Waals surface area contributed by atoms with Crippen molar-refractivity contribution in [2.75, 3.05) is 70.5 Å². The minimum absolute atomic E-state index is 0.158. The van der Waals surface area contributed by atoms with Gasteiger partial charge >= 0.3 is 0 Å². The summed E-state index contributed by atoms with van der Waals surface area (Å²) in [5.74, 6) is 0.727. The first kappa shape index (κ1) is 17.8. The third-order valence-electron chi connectivity index (χ3n) is 6.07. The number of aliphatic hydroxyl groups is 1. The summed E-state index contributed by atoms with van der Waals surface area (Å²) in [6.45, 7) is 7.38. The molecule has 1 aromatic carbocycles. The topological polar surface area (TPSA) is 56.2 Å². The van der Waals surface area contributed by atoms with Gasteiger partial charge in [0.25, 0.3) is 0 Å². The van der Waals surface area contributed by atoms with Crippen molar-refractivity contribution in [2.45, 2.75) is 6.42 Å². The zero-order valence-corrected chi connectivity index (χ0v) is 15.3. The molecule has 0 saturated carbocycles. The Hall–Kier alpha value is -1.63. The summed E-state index contributed by atoms with van der Waals surface area (Å²) in [6, 6.07) is 8.36. The molecule has 0 radical (unpaired) electrons. The van der Waals surface area contributed by atoms with Crippen LogP contribution >= 0.6 is 0 Å². The van der Waals surface area contributed by atoms with Crippen LogP contribution in [-0.2, 0) is 16.0 Å². The van der Waals surface area contributed by atoms with Gasteiger partial charge < -0.3 is 19.6 Å². The van der Waals surface area contributed by atoms with Gasteiger partial charge in [0.1, 0.15) is 0 Å². The molecule has 2 fully saturated rings. The van der Waals surface area contributed by atoms with E-state index in [4.69, 9.17) is 4.74 Å². The molecule has 0 aliphatic carbocycles. The molecular formula is C20H29N3O3. The number of anilines is 1. The molecule has 3 heterocycles. The molecule has 142 valence electrons. The number of likely N-dealkylation sites (tertiary alicyclic amines) is 1. The summed E-state index contributed by atoms with van der Waals surface area (Å²) >= 11 is 0. The van der Waals surface area contributed by atoms with Gasteiger partial charge in [0.05, 0.1) is 19.8 Å². The number of aliphatic hydroxyl groups excluding tert-OH is 1. The van der Waals surface area contributed by atoms with E-state index in [2.05, 4.69) is 28.0 Å². The second kappa shape index (κ2) is 7.94. The predicted molar refractivity (Wildman–Crippen MR) is 100 cm³/mol. The van der Waals surface area contributed by atoms with Crippen LogP contribution in [0.5, 0.6) is 0 Å². The number of benzene rings is 1. The van der Waals surface area contributed by atoms with E-state index in [9.17, 15) is 9.90 Å². The van der Waals surface area contributed by atoms with Crippen molar-refractivity contribution < 1.29 is 14.6 Å². The number of rotatable bonds is 5. The average molecular weight is 359 g/mol. The molecule has 0 unspecified atom stereocenters. The molecule has 6 nitrogen and oxygen atoms in total. The van der Waals surface area contributed by atoms with E-state index in [1.165, 1.54) is 11.3 Å². The minimum atomic E-state index is 0.158. The molecule has 4 rings (SSSR count). The Kier molecular flexibility index (Phi) is 5.43. The molecule has 0 aromatic heterocycles. The largest absolute Gasteiger partial charge is 0.396 e. The third kappa shape index (κ3) is 3.72. The zero-order valence-electron chi connectivity index (χ0n) is 15.3. The van der Waals surface area contributed by atoms with Gasteiger partial charge in [-0.05, 0) is 24.0 Å². The lowest BCUT2D eigenvalue weighted by molar-refractivity contribution is -0.129. The van der Waals surface area contributed by atoms with Crippen molar-refractivity contribution in [3.8, 4) is 0 Å². The van der Waals surface area contributed by atoms with Crippen molar-refractivity contribution in [1.82, 2.24) is 9.80 Å². The van der Waals surface area contributed by atoms with E-state index < -0.39 is 0 Å². The predicted octanol–water partition coefficient (Wildman–Crippen LogP) is 0.448. The molecule has 6 heteroatoms. The lowest BCUT2D eigenvalue weighted by atomic mass is 9.96. The summed E-state index contributed by atoms with van der Waals surface area (Å²) in [5.41, 5.74) is 2.53. The summed E-state index contributed by atoms with van der Waals surface area (Å²) in [4.78, 5) is 19.4. The molecule has 3 aliphatic heterocycles. The maximum absolute atomic E-state index is 12.9. The zero-order chi connectivity index (χ0) is 17.9. The number of hydrogen-bond donors (Lipinski definition) is 1. The quantitative estimate of drug-likeness (QED) is 0.827. The molecule has 1 amide bonds. The number of hydrogen-bond acceptors (Lipinski definition) is 5. The van der Waals surface area contributed by atoms with Crippen LogP contribution < -0.4 is 4.90 Å². The normalized spacial score (nSPS) is 26.3. The maximum atomic E-state index is 12.9. The fourth-order valence-electron chi connectivity index (χ4n) is 4.51. The fraction of sp³-hybridized carbons (Fsp3) is 0.650. The lowest BCUT2D eigenvalue weighted by Gasteiger charge is -2.30. The van der Waals surface area contributed by atoms with Crippen LogP contribution in [0.4, 0.5) is 5.69 Å². The van der Waals surface area contributed by atoms with Crippen LogP contribution in [0.15, 0.2) is 24.3 Å². The second-order valence-electron chi connectivity index (χ2n) is 7.71. The van der Waals surface area contributed by atoms with E-state index in [1.54, 1.807) is 0 Å². The molecule has 2 atom stereocenters. The summed E-state index contributed by atoms with van der Waals surface area (Å²) in [6.07, 6.45) is 1.02. The highest BCUT2D eigenvalue weighted by atomic mass is 16.5. The first-order valence-corrected chi connectivity index (χ1v) is 9.76. The van der Waals surface area contributed by atoms with Gasteiger partial charge in [-0.25, -0.2) is 0 Å². The second-order valence-corrected chi connectivity index (χ2v) is 7.71. The number of carbonyl (C=O) groups excluding carboxylic acids is 1. The Morgan fingerprint density at radius 3 is 2.69 bits per heavy atom. The van der Waals surface area contributed by atoms with Crippen molar-refractivity contribution in [3.05, 3.63) is 29.8 Å². The van der Waals surface area contributed by atoms with Gasteiger partial charge in [-0.3, -0.25) is 9.69 Å². The third-order valence-corrected chi connectivity index (χ3v) is 6.07. The average Bonchev–Trinajstić information content (AvgIpc) is 3.27. The van der Waals surface area contributed by atoms with Gasteiger partial charge in [-0.15, -0.1) is 0 Å². The monoisotopic (exact) mass is 359 g/mol. The van der Waals surface area contributed by atoms with Gasteiger partial charge in [-0.1, -0.05) is 18.2 Å². The van der Waals surface area contributed by atoms with Crippen molar-refractivity contribution >= 4 is 11.6 Å². The Bertz CT molecular complexity index is 632. The maximum Gasteiger partial charge on any atom is 0.242 e. The van der Waals surface area contributed by atoms with E-state index in [-0.39, 0.29) is 18.4 Å². The molecule has 26 heavy (non-hydrogen) atoms. The Balaban J connectivity index is 1.35. The van der Waals surface area contributed by atoms with E-state index in [0.717, 1.165) is 52.4 Å². The molecule has 1 aromatic rings. The van der Waals surface area contributed by atoms with Crippen molar-refractivity contribution in [2.24, 2.45) is 11.8 Å². The summed E-state index contributed by atoms with van der Waals surface area (Å²) in [5, 5.41) is 9.79. The highest BCUT2D eigenvalue weighted by Crippen LogP contribution is 2.29.